The van der Waals surface area contributed by atoms with E-state index in [1.807, 2.05) is 0 Å². The fourth-order valence-corrected chi connectivity index (χ4v) is 4.83. The van der Waals surface area contributed by atoms with E-state index in [1.54, 1.807) is 30.3 Å². The molecule has 4 aromatic rings. The molecule has 1 amide bonds. The largest absolute Gasteiger partial charge is 0.491 e. The summed E-state index contributed by atoms with van der Waals surface area (Å²) in [6, 6.07) is 14.9. The first-order valence-corrected chi connectivity index (χ1v) is 13.5. The average molecular weight is 671 g/mol. The highest BCUT2D eigenvalue weighted by Crippen LogP contribution is 2.42. The number of likely N-dealkylation sites (N-methyl/N-ethyl adjacent to an activating group) is 1. The number of hydrogen-bond acceptors (Lipinski definition) is 5. The van der Waals surface area contributed by atoms with Gasteiger partial charge in [0.2, 0.25) is 5.91 Å². The summed E-state index contributed by atoms with van der Waals surface area (Å²) in [5, 5.41) is 0.369. The lowest BCUT2D eigenvalue weighted by atomic mass is 9.81. The van der Waals surface area contributed by atoms with Gasteiger partial charge in [-0.05, 0) is 61.4 Å². The minimum Gasteiger partial charge on any atom is -0.386 e. The van der Waals surface area contributed by atoms with E-state index in [0.29, 0.717) is 28.6 Å². The van der Waals surface area contributed by atoms with Gasteiger partial charge in [0, 0.05) is 18.0 Å². The second-order valence-corrected chi connectivity index (χ2v) is 10.9. The summed E-state index contributed by atoms with van der Waals surface area (Å²) in [5.74, 6) is -5.05. The number of hydrogen-bond donors (Lipinski definition) is 0. The number of halogens is 9. The van der Waals surface area contributed by atoms with Crippen LogP contribution in [0.25, 0.3) is 22.0 Å². The zero-order valence-corrected chi connectivity index (χ0v) is 24.6. The number of carbonyl (C=O) groups is 3. The maximum atomic E-state index is 13.9. The Morgan fingerprint density at radius 2 is 1.30 bits per heavy atom. The first kappa shape index (κ1) is 34.9. The monoisotopic (exact) mass is 670 g/mol. The van der Waals surface area contributed by atoms with Gasteiger partial charge in [-0.15, -0.1) is 0 Å². The molecule has 0 saturated carbocycles. The number of rotatable bonds is 6. The summed E-state index contributed by atoms with van der Waals surface area (Å²) in [5.41, 5.74) is -4.36. The fraction of sp³-hybridized carbons (Fsp3) is 0.250. The number of benzene rings is 3. The smallest absolute Gasteiger partial charge is 0.386 e. The lowest BCUT2D eigenvalue weighted by molar-refractivity contribution is -0.201. The molecular formula is C32H23F9N2O4. The Morgan fingerprint density at radius 3 is 1.83 bits per heavy atom. The molecule has 0 saturated heterocycles. The third-order valence-corrected chi connectivity index (χ3v) is 7.24. The first-order chi connectivity index (χ1) is 21.6. The molecule has 0 radical (unpaired) electrons. The van der Waals surface area contributed by atoms with E-state index in [4.69, 9.17) is 0 Å². The summed E-state index contributed by atoms with van der Waals surface area (Å²) in [4.78, 5) is 42.2. The van der Waals surface area contributed by atoms with Crippen LogP contribution in [-0.4, -0.2) is 36.1 Å². The zero-order chi connectivity index (χ0) is 35.1. The second-order valence-electron chi connectivity index (χ2n) is 10.9. The van der Waals surface area contributed by atoms with E-state index in [1.165, 1.54) is 45.2 Å². The van der Waals surface area contributed by atoms with Crippen molar-refractivity contribution in [1.29, 1.82) is 0 Å². The summed E-state index contributed by atoms with van der Waals surface area (Å²) < 4.78 is 123. The molecule has 47 heavy (non-hydrogen) atoms. The van der Waals surface area contributed by atoms with Crippen LogP contribution in [0, 0.1) is 0 Å². The zero-order valence-electron chi connectivity index (χ0n) is 24.6. The van der Waals surface area contributed by atoms with E-state index < -0.39 is 64.9 Å². The molecule has 0 aliphatic carbocycles. The van der Waals surface area contributed by atoms with Crippen molar-refractivity contribution in [3.8, 4) is 11.1 Å². The van der Waals surface area contributed by atoms with Crippen molar-refractivity contribution in [2.45, 2.75) is 44.2 Å². The van der Waals surface area contributed by atoms with Crippen LogP contribution in [0.5, 0.6) is 0 Å². The summed E-state index contributed by atoms with van der Waals surface area (Å²) >= 11 is 0. The number of carbonyl (C=O) groups excluding carboxylic acids is 3. The summed E-state index contributed by atoms with van der Waals surface area (Å²) in [6.07, 6.45) is -16.4. The van der Waals surface area contributed by atoms with Crippen molar-refractivity contribution in [3.63, 3.8) is 0 Å². The van der Waals surface area contributed by atoms with Crippen LogP contribution in [0.1, 0.15) is 36.2 Å². The molecule has 0 unspecified atom stereocenters. The van der Waals surface area contributed by atoms with Gasteiger partial charge in [-0.25, -0.2) is 4.79 Å². The topological polar surface area (TPSA) is 76.6 Å². The molecule has 0 spiro atoms. The number of aromatic nitrogens is 1. The molecule has 0 aliphatic heterocycles. The summed E-state index contributed by atoms with van der Waals surface area (Å²) in [6.45, 7) is 2.39. The third kappa shape index (κ3) is 7.55. The Bertz CT molecular complexity index is 1820. The van der Waals surface area contributed by atoms with Gasteiger partial charge in [0.25, 0.3) is 0 Å². The molecule has 6 nitrogen and oxygen atoms in total. The standard InChI is InChI=1S/C32H23F9N2O4/c1-29(2,18-13-19(30(33,34)35)15-20(14-18)31(36,37)38)27(45)43(3)24-12-11-23-22(26(24)17-7-5-4-6-8-17)10-9-21(42-23)16-25(44)47-28(46)32(39,40)41/h4-15H,16H2,1-3H3. The van der Waals surface area contributed by atoms with E-state index in [0.717, 1.165) is 4.90 Å². The number of esters is 2. The van der Waals surface area contributed by atoms with Crippen LogP contribution in [-0.2, 0) is 43.3 Å². The first-order valence-electron chi connectivity index (χ1n) is 13.5. The molecule has 0 fully saturated rings. The number of nitrogens with zero attached hydrogens (tertiary/aromatic N) is 2. The Morgan fingerprint density at radius 1 is 0.745 bits per heavy atom. The number of amides is 1. The van der Waals surface area contributed by atoms with Gasteiger partial charge in [-0.2, -0.15) is 39.5 Å². The van der Waals surface area contributed by atoms with E-state index in [9.17, 15) is 53.9 Å². The third-order valence-electron chi connectivity index (χ3n) is 7.24. The molecule has 15 heteroatoms. The van der Waals surface area contributed by atoms with Crippen molar-refractivity contribution >= 4 is 34.4 Å². The van der Waals surface area contributed by atoms with E-state index in [-0.39, 0.29) is 23.0 Å². The molecule has 1 aromatic heterocycles. The SMILES string of the molecule is CN(C(=O)C(C)(C)c1cc(C(F)(F)F)cc(C(F)(F)F)c1)c1ccc2nc(CC(=O)OC(=O)C(F)(F)F)ccc2c1-c1ccccc1. The lowest BCUT2D eigenvalue weighted by Crippen LogP contribution is -2.42. The van der Waals surface area contributed by atoms with Gasteiger partial charge in [-0.1, -0.05) is 36.4 Å². The van der Waals surface area contributed by atoms with Crippen molar-refractivity contribution in [3.05, 3.63) is 95.2 Å². The minimum absolute atomic E-state index is 0.0280. The van der Waals surface area contributed by atoms with Gasteiger partial charge >= 0.3 is 30.5 Å². The molecule has 0 aliphatic rings. The van der Waals surface area contributed by atoms with E-state index >= 15 is 0 Å². The van der Waals surface area contributed by atoms with Crippen molar-refractivity contribution < 1.29 is 58.6 Å². The molecule has 3 aromatic carbocycles. The highest BCUT2D eigenvalue weighted by molar-refractivity contribution is 6.09. The van der Waals surface area contributed by atoms with Gasteiger partial charge in [-0.3, -0.25) is 14.6 Å². The van der Waals surface area contributed by atoms with Crippen LogP contribution in [0.2, 0.25) is 0 Å². The molecule has 1 heterocycles. The number of fused-ring (bicyclic) bond motifs is 1. The maximum Gasteiger partial charge on any atom is 0.491 e. The van der Waals surface area contributed by atoms with Gasteiger partial charge in [0.15, 0.2) is 0 Å². The van der Waals surface area contributed by atoms with Crippen LogP contribution < -0.4 is 4.90 Å². The van der Waals surface area contributed by atoms with Gasteiger partial charge < -0.3 is 9.64 Å². The lowest BCUT2D eigenvalue weighted by Gasteiger charge is -2.32. The summed E-state index contributed by atoms with van der Waals surface area (Å²) in [7, 11) is 1.30. The highest BCUT2D eigenvalue weighted by Gasteiger charge is 2.43. The van der Waals surface area contributed by atoms with Crippen molar-refractivity contribution in [2.75, 3.05) is 11.9 Å². The molecular weight excluding hydrogens is 647 g/mol. The quantitative estimate of drug-likeness (QED) is 0.118. The molecule has 0 bridgehead atoms. The van der Waals surface area contributed by atoms with Gasteiger partial charge in [0.05, 0.1) is 39.9 Å². The highest BCUT2D eigenvalue weighted by atomic mass is 19.4. The Balaban J connectivity index is 1.79. The van der Waals surface area contributed by atoms with Gasteiger partial charge in [0.1, 0.15) is 0 Å². The minimum atomic E-state index is -5.38. The Labute approximate surface area is 260 Å². The maximum absolute atomic E-state index is 13.9. The Hall–Kier alpha value is -4.95. The normalized spacial score (nSPS) is 12.6. The van der Waals surface area contributed by atoms with Crippen LogP contribution in [0.4, 0.5) is 45.2 Å². The molecule has 0 N–H and O–H groups in total. The average Bonchev–Trinajstić information content (AvgIpc) is 2.98. The predicted molar refractivity (Wildman–Crippen MR) is 151 cm³/mol. The van der Waals surface area contributed by atoms with Crippen LogP contribution in [0.3, 0.4) is 0 Å². The fourth-order valence-electron chi connectivity index (χ4n) is 4.83. The van der Waals surface area contributed by atoms with E-state index in [2.05, 4.69) is 9.72 Å². The molecule has 248 valence electrons. The van der Waals surface area contributed by atoms with Crippen molar-refractivity contribution in [1.82, 2.24) is 4.98 Å². The van der Waals surface area contributed by atoms with Crippen LogP contribution in [0.15, 0.2) is 72.8 Å². The van der Waals surface area contributed by atoms with Crippen LogP contribution >= 0.6 is 0 Å². The number of alkyl halides is 9. The number of ether oxygens (including phenoxy) is 1. The Kier molecular flexibility index (Phi) is 9.17. The number of anilines is 1. The molecule has 4 rings (SSSR count). The predicted octanol–water partition coefficient (Wildman–Crippen LogP) is 8.05. The molecule has 0 atom stereocenters. The number of pyridine rings is 1. The second kappa shape index (κ2) is 12.3. The van der Waals surface area contributed by atoms with Crippen molar-refractivity contribution in [2.24, 2.45) is 0 Å².